The van der Waals surface area contributed by atoms with Crippen molar-refractivity contribution in [3.05, 3.63) is 34.8 Å². The van der Waals surface area contributed by atoms with Gasteiger partial charge in [-0.2, -0.15) is 0 Å². The van der Waals surface area contributed by atoms with Gasteiger partial charge < -0.3 is 4.74 Å². The summed E-state index contributed by atoms with van der Waals surface area (Å²) in [5, 5.41) is 9.53. The van der Waals surface area contributed by atoms with Crippen molar-refractivity contribution in [2.45, 2.75) is 25.2 Å². The molecule has 0 N–H and O–H groups in total. The van der Waals surface area contributed by atoms with Crippen molar-refractivity contribution in [3.8, 4) is 5.75 Å². The third kappa shape index (κ3) is 2.29. The van der Waals surface area contributed by atoms with Crippen LogP contribution in [0, 0.1) is 6.92 Å². The van der Waals surface area contributed by atoms with Crippen molar-refractivity contribution < 1.29 is 9.53 Å². The van der Waals surface area contributed by atoms with Crippen LogP contribution in [0.4, 0.5) is 5.13 Å². The minimum atomic E-state index is -0.471. The van der Waals surface area contributed by atoms with E-state index in [4.69, 9.17) is 4.74 Å². The van der Waals surface area contributed by atoms with Gasteiger partial charge in [0, 0.05) is 12.6 Å². The molecule has 21 heavy (non-hydrogen) atoms. The Bertz CT molecular complexity index is 679. The lowest BCUT2D eigenvalue weighted by atomic mass is 9.93. The molecule has 1 saturated carbocycles. The van der Waals surface area contributed by atoms with Gasteiger partial charge in [0.15, 0.2) is 0 Å². The number of methoxy groups -OCH3 is 1. The average Bonchev–Trinajstić information content (AvgIpc) is 3.21. The zero-order valence-electron chi connectivity index (χ0n) is 12.3. The highest BCUT2D eigenvalue weighted by Crippen LogP contribution is 2.52. The van der Waals surface area contributed by atoms with Crippen molar-refractivity contribution in [2.75, 3.05) is 19.1 Å². The minimum Gasteiger partial charge on any atom is -0.496 e. The Kier molecular flexibility index (Phi) is 3.41. The number of hydrogen-bond donors (Lipinski definition) is 0. The Morgan fingerprint density at radius 2 is 2.05 bits per heavy atom. The fourth-order valence-electron chi connectivity index (χ4n) is 2.59. The summed E-state index contributed by atoms with van der Waals surface area (Å²) in [4.78, 5) is 14.5. The van der Waals surface area contributed by atoms with Crippen LogP contribution in [0.25, 0.3) is 0 Å². The molecule has 110 valence electrons. The molecule has 6 heteroatoms. The van der Waals surface area contributed by atoms with Gasteiger partial charge in [-0.15, -0.1) is 10.2 Å². The number of benzene rings is 1. The smallest absolute Gasteiger partial charge is 0.239 e. The molecule has 2 aromatic rings. The molecular formula is C15H17N3O2S. The Balaban J connectivity index is 1.93. The van der Waals surface area contributed by atoms with Crippen LogP contribution in [0.3, 0.4) is 0 Å². The fraction of sp³-hybridized carbons (Fsp3) is 0.400. The van der Waals surface area contributed by atoms with E-state index >= 15 is 0 Å². The van der Waals surface area contributed by atoms with Crippen molar-refractivity contribution in [2.24, 2.45) is 0 Å². The maximum absolute atomic E-state index is 12.9. The zero-order chi connectivity index (χ0) is 15.0. The largest absolute Gasteiger partial charge is 0.496 e. The van der Waals surface area contributed by atoms with Crippen LogP contribution in [0.2, 0.25) is 0 Å². The number of ether oxygens (including phenoxy) is 1. The van der Waals surface area contributed by atoms with Crippen LogP contribution < -0.4 is 9.64 Å². The molecule has 5 nitrogen and oxygen atoms in total. The van der Waals surface area contributed by atoms with Crippen LogP contribution in [0.1, 0.15) is 23.4 Å². The van der Waals surface area contributed by atoms with Gasteiger partial charge >= 0.3 is 0 Å². The summed E-state index contributed by atoms with van der Waals surface area (Å²) in [6.07, 6.45) is 1.68. The van der Waals surface area contributed by atoms with Crippen LogP contribution in [0.15, 0.2) is 24.3 Å². The van der Waals surface area contributed by atoms with Crippen molar-refractivity contribution in [1.82, 2.24) is 10.2 Å². The number of amides is 1. The van der Waals surface area contributed by atoms with Gasteiger partial charge in [0.1, 0.15) is 10.8 Å². The highest BCUT2D eigenvalue weighted by molar-refractivity contribution is 7.15. The molecule has 1 aromatic heterocycles. The zero-order valence-corrected chi connectivity index (χ0v) is 13.1. The van der Waals surface area contributed by atoms with E-state index in [9.17, 15) is 4.79 Å². The van der Waals surface area contributed by atoms with Crippen LogP contribution in [-0.4, -0.2) is 30.3 Å². The minimum absolute atomic E-state index is 0.0585. The molecule has 1 heterocycles. The molecule has 1 amide bonds. The van der Waals surface area contributed by atoms with E-state index < -0.39 is 5.41 Å². The van der Waals surface area contributed by atoms with E-state index in [1.54, 1.807) is 19.1 Å². The molecule has 0 aliphatic heterocycles. The molecule has 1 aromatic carbocycles. The molecule has 0 saturated heterocycles. The number of carbonyl (C=O) groups is 1. The normalized spacial score (nSPS) is 15.6. The fourth-order valence-corrected chi connectivity index (χ4v) is 3.24. The van der Waals surface area contributed by atoms with E-state index in [1.807, 2.05) is 31.2 Å². The summed E-state index contributed by atoms with van der Waals surface area (Å²) in [6, 6.07) is 7.74. The first kappa shape index (κ1) is 14.0. The number of anilines is 1. The SMILES string of the molecule is COc1ccccc1C1(C(=O)N(C)c2nnc(C)s2)CC1. The third-order valence-corrected chi connectivity index (χ3v) is 4.80. The summed E-state index contributed by atoms with van der Waals surface area (Å²) in [5.41, 5.74) is 0.492. The third-order valence-electron chi connectivity index (χ3n) is 3.89. The van der Waals surface area contributed by atoms with Crippen molar-refractivity contribution in [3.63, 3.8) is 0 Å². The van der Waals surface area contributed by atoms with Gasteiger partial charge in [-0.05, 0) is 25.8 Å². The van der Waals surface area contributed by atoms with Gasteiger partial charge in [-0.25, -0.2) is 0 Å². The Morgan fingerprint density at radius 1 is 1.33 bits per heavy atom. The quantitative estimate of drug-likeness (QED) is 0.871. The van der Waals surface area contributed by atoms with E-state index in [0.717, 1.165) is 29.2 Å². The van der Waals surface area contributed by atoms with Gasteiger partial charge in [0.05, 0.1) is 12.5 Å². The number of rotatable bonds is 4. The lowest BCUT2D eigenvalue weighted by Crippen LogP contribution is -2.36. The highest BCUT2D eigenvalue weighted by Gasteiger charge is 2.54. The molecule has 0 radical (unpaired) electrons. The Morgan fingerprint density at radius 3 is 2.62 bits per heavy atom. The molecule has 0 unspecified atom stereocenters. The molecule has 0 bridgehead atoms. The first-order chi connectivity index (χ1) is 10.1. The highest BCUT2D eigenvalue weighted by atomic mass is 32.1. The van der Waals surface area contributed by atoms with Gasteiger partial charge in [-0.1, -0.05) is 29.5 Å². The van der Waals surface area contributed by atoms with Crippen molar-refractivity contribution >= 4 is 22.4 Å². The molecule has 1 aliphatic rings. The van der Waals surface area contributed by atoms with Gasteiger partial charge in [-0.3, -0.25) is 9.69 Å². The number of aromatic nitrogens is 2. The number of nitrogens with zero attached hydrogens (tertiary/aromatic N) is 3. The van der Waals surface area contributed by atoms with E-state index in [1.165, 1.54) is 11.3 Å². The van der Waals surface area contributed by atoms with Crippen molar-refractivity contribution in [1.29, 1.82) is 0 Å². The lowest BCUT2D eigenvalue weighted by molar-refractivity contribution is -0.120. The molecule has 3 rings (SSSR count). The lowest BCUT2D eigenvalue weighted by Gasteiger charge is -2.22. The second kappa shape index (κ2) is 5.11. The van der Waals surface area contributed by atoms with Gasteiger partial charge in [0.25, 0.3) is 0 Å². The number of carbonyl (C=O) groups excluding carboxylic acids is 1. The molecule has 0 spiro atoms. The average molecular weight is 303 g/mol. The summed E-state index contributed by atoms with van der Waals surface area (Å²) in [5.74, 6) is 0.827. The Hall–Kier alpha value is -1.95. The van der Waals surface area contributed by atoms with E-state index in [2.05, 4.69) is 10.2 Å². The standard InChI is InChI=1S/C15H17N3O2S/c1-10-16-17-14(21-10)18(2)13(19)15(8-9-15)11-6-4-5-7-12(11)20-3/h4-7H,8-9H2,1-3H3. The maximum atomic E-state index is 12.9. The molecule has 0 atom stereocenters. The first-order valence-corrected chi connectivity index (χ1v) is 7.62. The van der Waals surface area contributed by atoms with Crippen LogP contribution >= 0.6 is 11.3 Å². The number of para-hydroxylation sites is 1. The number of aryl methyl sites for hydroxylation is 1. The predicted octanol–water partition coefficient (Wildman–Crippen LogP) is 2.55. The van der Waals surface area contributed by atoms with E-state index in [0.29, 0.717) is 5.13 Å². The first-order valence-electron chi connectivity index (χ1n) is 6.80. The second-order valence-corrected chi connectivity index (χ2v) is 6.41. The molecule has 1 fully saturated rings. The monoisotopic (exact) mass is 303 g/mol. The van der Waals surface area contributed by atoms with Crippen LogP contribution in [-0.2, 0) is 10.2 Å². The number of hydrogen-bond acceptors (Lipinski definition) is 5. The predicted molar refractivity (Wildman–Crippen MR) is 82.0 cm³/mol. The van der Waals surface area contributed by atoms with Gasteiger partial charge in [0.2, 0.25) is 11.0 Å². The summed E-state index contributed by atoms with van der Waals surface area (Å²) < 4.78 is 5.42. The topological polar surface area (TPSA) is 55.3 Å². The molecule has 1 aliphatic carbocycles. The summed E-state index contributed by atoms with van der Waals surface area (Å²) >= 11 is 1.42. The Labute approximate surface area is 127 Å². The second-order valence-electron chi connectivity index (χ2n) is 5.25. The maximum Gasteiger partial charge on any atom is 0.239 e. The summed E-state index contributed by atoms with van der Waals surface area (Å²) in [6.45, 7) is 1.88. The molecular weight excluding hydrogens is 286 g/mol. The summed E-state index contributed by atoms with van der Waals surface area (Å²) in [7, 11) is 3.40. The van der Waals surface area contributed by atoms with Crippen LogP contribution in [0.5, 0.6) is 5.75 Å². The number of likely N-dealkylation sites (N-methyl/N-ethyl adjacent to an activating group) is 1. The van der Waals surface area contributed by atoms with E-state index in [-0.39, 0.29) is 5.91 Å².